The molecule has 0 radical (unpaired) electrons. The molecule has 0 spiro atoms. The molecule has 1 aliphatic rings. The van der Waals surface area contributed by atoms with Crippen LogP contribution >= 0.6 is 0 Å². The van der Waals surface area contributed by atoms with Crippen molar-refractivity contribution in [3.63, 3.8) is 0 Å². The van der Waals surface area contributed by atoms with Crippen LogP contribution in [0.2, 0.25) is 0 Å². The molecule has 1 saturated carbocycles. The van der Waals surface area contributed by atoms with E-state index in [1.807, 2.05) is 0 Å². The number of hydrogen-bond donors (Lipinski definition) is 0. The minimum Gasteiger partial charge on any atom is -0.392 e. The first-order chi connectivity index (χ1) is 5.77. The van der Waals surface area contributed by atoms with Gasteiger partial charge in [0, 0.05) is 13.0 Å². The van der Waals surface area contributed by atoms with Gasteiger partial charge in [-0.25, -0.2) is 4.79 Å². The van der Waals surface area contributed by atoms with Crippen molar-refractivity contribution in [1.29, 1.82) is 0 Å². The third kappa shape index (κ3) is 1.17. The van der Waals surface area contributed by atoms with E-state index < -0.39 is 0 Å². The lowest BCUT2D eigenvalue weighted by atomic mass is 10.1. The molecule has 1 aliphatic carbocycles. The second-order valence-corrected chi connectivity index (χ2v) is 3.31. The molecule has 1 heterocycles. The topological polar surface area (TPSA) is 48.0 Å². The van der Waals surface area contributed by atoms with Gasteiger partial charge in [-0.2, -0.15) is 4.68 Å². The highest BCUT2D eigenvalue weighted by molar-refractivity contribution is 4.91. The lowest BCUT2D eigenvalue weighted by molar-refractivity contribution is 0.421. The first kappa shape index (κ1) is 7.58. The van der Waals surface area contributed by atoms with Gasteiger partial charge >= 0.3 is 5.76 Å². The van der Waals surface area contributed by atoms with Gasteiger partial charge in [0.1, 0.15) is 0 Å². The maximum Gasteiger partial charge on any atom is 0.436 e. The third-order valence-corrected chi connectivity index (χ3v) is 2.41. The Hall–Kier alpha value is -1.06. The quantitative estimate of drug-likeness (QED) is 0.629. The third-order valence-electron chi connectivity index (χ3n) is 2.41. The standard InChI is InChI=1S/C8H12N2O2/c1-10-8(11)12-7(9-10)6-4-2-3-5-6/h6H,2-5H2,1H3. The van der Waals surface area contributed by atoms with Crippen molar-refractivity contribution < 1.29 is 4.42 Å². The highest BCUT2D eigenvalue weighted by atomic mass is 16.4. The Morgan fingerprint density at radius 1 is 1.50 bits per heavy atom. The van der Waals surface area contributed by atoms with Crippen LogP contribution in [0.3, 0.4) is 0 Å². The molecule has 0 bridgehead atoms. The molecular weight excluding hydrogens is 156 g/mol. The minimum atomic E-state index is -0.350. The molecule has 0 unspecified atom stereocenters. The van der Waals surface area contributed by atoms with E-state index in [0.29, 0.717) is 11.8 Å². The number of aryl methyl sites for hydroxylation is 1. The molecule has 0 aliphatic heterocycles. The van der Waals surface area contributed by atoms with E-state index in [4.69, 9.17) is 4.42 Å². The van der Waals surface area contributed by atoms with Crippen LogP contribution in [0.5, 0.6) is 0 Å². The van der Waals surface area contributed by atoms with Gasteiger partial charge in [-0.1, -0.05) is 12.8 Å². The normalized spacial score (nSPS) is 18.8. The molecule has 0 aromatic carbocycles. The van der Waals surface area contributed by atoms with Crippen molar-refractivity contribution in [1.82, 2.24) is 9.78 Å². The van der Waals surface area contributed by atoms with Crippen LogP contribution in [0.4, 0.5) is 0 Å². The van der Waals surface area contributed by atoms with Gasteiger partial charge in [0.15, 0.2) is 0 Å². The van der Waals surface area contributed by atoms with Crippen LogP contribution in [-0.2, 0) is 7.05 Å². The van der Waals surface area contributed by atoms with Crippen molar-refractivity contribution in [2.45, 2.75) is 31.6 Å². The van der Waals surface area contributed by atoms with Crippen LogP contribution < -0.4 is 5.76 Å². The van der Waals surface area contributed by atoms with E-state index in [1.165, 1.54) is 17.5 Å². The molecule has 0 atom stereocenters. The summed E-state index contributed by atoms with van der Waals surface area (Å²) in [6.07, 6.45) is 4.68. The first-order valence-corrected chi connectivity index (χ1v) is 4.31. The SMILES string of the molecule is Cn1nc(C2CCCC2)oc1=O. The van der Waals surface area contributed by atoms with Crippen LogP contribution in [0, 0.1) is 0 Å². The van der Waals surface area contributed by atoms with Gasteiger partial charge in [0.05, 0.1) is 0 Å². The molecule has 1 aromatic heterocycles. The summed E-state index contributed by atoms with van der Waals surface area (Å²) in [5.74, 6) is 0.663. The Labute approximate surface area is 70.2 Å². The van der Waals surface area contributed by atoms with Crippen LogP contribution in [-0.4, -0.2) is 9.78 Å². The average molecular weight is 168 g/mol. The molecular formula is C8H12N2O2. The smallest absolute Gasteiger partial charge is 0.392 e. The van der Waals surface area contributed by atoms with E-state index in [0.717, 1.165) is 12.8 Å². The Kier molecular flexibility index (Phi) is 1.75. The second-order valence-electron chi connectivity index (χ2n) is 3.31. The van der Waals surface area contributed by atoms with Crippen molar-refractivity contribution >= 4 is 0 Å². The van der Waals surface area contributed by atoms with Crippen molar-refractivity contribution in [2.24, 2.45) is 7.05 Å². The fourth-order valence-electron chi connectivity index (χ4n) is 1.70. The Morgan fingerprint density at radius 2 is 2.17 bits per heavy atom. The number of nitrogens with zero attached hydrogens (tertiary/aromatic N) is 2. The lowest BCUT2D eigenvalue weighted by Gasteiger charge is -1.99. The molecule has 1 aromatic rings. The van der Waals surface area contributed by atoms with E-state index in [2.05, 4.69) is 5.10 Å². The average Bonchev–Trinajstić information content (AvgIpc) is 2.61. The van der Waals surface area contributed by atoms with E-state index in [9.17, 15) is 4.79 Å². The monoisotopic (exact) mass is 168 g/mol. The molecule has 4 heteroatoms. The Balaban J connectivity index is 2.27. The van der Waals surface area contributed by atoms with Crippen molar-refractivity contribution in [2.75, 3.05) is 0 Å². The lowest BCUT2D eigenvalue weighted by Crippen LogP contribution is -2.09. The van der Waals surface area contributed by atoms with Crippen LogP contribution in [0.25, 0.3) is 0 Å². The highest BCUT2D eigenvalue weighted by Crippen LogP contribution is 2.32. The fraction of sp³-hybridized carbons (Fsp3) is 0.750. The van der Waals surface area contributed by atoms with Gasteiger partial charge < -0.3 is 4.42 Å². The Morgan fingerprint density at radius 3 is 2.67 bits per heavy atom. The molecule has 4 nitrogen and oxygen atoms in total. The van der Waals surface area contributed by atoms with Gasteiger partial charge in [0.25, 0.3) is 0 Å². The molecule has 1 fully saturated rings. The zero-order chi connectivity index (χ0) is 8.55. The summed E-state index contributed by atoms with van der Waals surface area (Å²) in [6.45, 7) is 0. The fourth-order valence-corrected chi connectivity index (χ4v) is 1.70. The predicted octanol–water partition coefficient (Wildman–Crippen LogP) is 1.03. The highest BCUT2D eigenvalue weighted by Gasteiger charge is 2.22. The van der Waals surface area contributed by atoms with Gasteiger partial charge in [-0.15, -0.1) is 5.10 Å². The molecule has 2 rings (SSSR count). The predicted molar refractivity (Wildman–Crippen MR) is 43.0 cm³/mol. The summed E-state index contributed by atoms with van der Waals surface area (Å²) in [5, 5.41) is 4.03. The molecule has 0 saturated heterocycles. The summed E-state index contributed by atoms with van der Waals surface area (Å²) in [6, 6.07) is 0. The number of aromatic nitrogens is 2. The Bertz CT molecular complexity index is 320. The summed E-state index contributed by atoms with van der Waals surface area (Å²) in [7, 11) is 1.62. The second kappa shape index (κ2) is 2.77. The number of rotatable bonds is 1. The van der Waals surface area contributed by atoms with Crippen molar-refractivity contribution in [3.05, 3.63) is 16.4 Å². The van der Waals surface area contributed by atoms with Gasteiger partial charge in [-0.3, -0.25) is 0 Å². The first-order valence-electron chi connectivity index (χ1n) is 4.31. The van der Waals surface area contributed by atoms with Crippen LogP contribution in [0.1, 0.15) is 37.5 Å². The van der Waals surface area contributed by atoms with E-state index >= 15 is 0 Å². The van der Waals surface area contributed by atoms with E-state index in [1.54, 1.807) is 7.05 Å². The molecule has 66 valence electrons. The summed E-state index contributed by atoms with van der Waals surface area (Å²) in [5.41, 5.74) is 0. The zero-order valence-electron chi connectivity index (χ0n) is 7.12. The zero-order valence-corrected chi connectivity index (χ0v) is 7.12. The maximum atomic E-state index is 10.9. The minimum absolute atomic E-state index is 0.350. The maximum absolute atomic E-state index is 10.9. The van der Waals surface area contributed by atoms with E-state index in [-0.39, 0.29) is 5.76 Å². The summed E-state index contributed by atoms with van der Waals surface area (Å²) in [4.78, 5) is 10.9. The summed E-state index contributed by atoms with van der Waals surface area (Å²) < 4.78 is 6.25. The molecule has 12 heavy (non-hydrogen) atoms. The van der Waals surface area contributed by atoms with Crippen molar-refractivity contribution in [3.8, 4) is 0 Å². The molecule has 0 amide bonds. The molecule has 0 N–H and O–H groups in total. The van der Waals surface area contributed by atoms with Gasteiger partial charge in [-0.05, 0) is 12.8 Å². The number of hydrogen-bond acceptors (Lipinski definition) is 3. The largest absolute Gasteiger partial charge is 0.436 e. The summed E-state index contributed by atoms with van der Waals surface area (Å²) >= 11 is 0. The van der Waals surface area contributed by atoms with Gasteiger partial charge in [0.2, 0.25) is 5.89 Å². The van der Waals surface area contributed by atoms with Crippen LogP contribution in [0.15, 0.2) is 9.21 Å².